The maximum atomic E-state index is 12.4. The summed E-state index contributed by atoms with van der Waals surface area (Å²) in [4.78, 5) is 15.0. The molecule has 0 aromatic carbocycles. The van der Waals surface area contributed by atoms with Gasteiger partial charge in [0.15, 0.2) is 0 Å². The maximum Gasteiger partial charge on any atom is 0.326 e. The lowest BCUT2D eigenvalue weighted by Gasteiger charge is -2.46. The Bertz CT molecular complexity index is 351. The minimum atomic E-state index is -0.477. The molecule has 2 atom stereocenters. The summed E-state index contributed by atoms with van der Waals surface area (Å²) in [5.41, 5.74) is -0.477. The van der Waals surface area contributed by atoms with E-state index >= 15 is 0 Å². The largest absolute Gasteiger partial charge is 0.468 e. The fourth-order valence-corrected chi connectivity index (χ4v) is 4.07. The fraction of sp³-hybridized carbons (Fsp3) is 0.941. The molecule has 122 valence electrons. The summed E-state index contributed by atoms with van der Waals surface area (Å²) in [7, 11) is 1.51. The number of hydrogen-bond donors (Lipinski definition) is 1. The lowest BCUT2D eigenvalue weighted by Crippen LogP contribution is -2.60. The van der Waals surface area contributed by atoms with E-state index in [0.717, 1.165) is 25.2 Å². The van der Waals surface area contributed by atoms with Crippen LogP contribution in [-0.2, 0) is 9.53 Å². The monoisotopic (exact) mass is 296 g/mol. The number of nitrogens with zero attached hydrogens (tertiary/aromatic N) is 1. The van der Waals surface area contributed by atoms with E-state index in [0.29, 0.717) is 12.1 Å². The third-order valence-corrected chi connectivity index (χ3v) is 5.20. The first-order valence-electron chi connectivity index (χ1n) is 8.57. The molecule has 1 aliphatic heterocycles. The van der Waals surface area contributed by atoms with E-state index in [4.69, 9.17) is 4.74 Å². The quantitative estimate of drug-likeness (QED) is 0.810. The number of rotatable bonds is 4. The van der Waals surface area contributed by atoms with Gasteiger partial charge in [0.1, 0.15) is 5.54 Å². The van der Waals surface area contributed by atoms with Crippen LogP contribution in [0.3, 0.4) is 0 Å². The molecule has 0 amide bonds. The number of carbonyl (C=O) groups is 1. The predicted octanol–water partition coefficient (Wildman–Crippen LogP) is 2.57. The maximum absolute atomic E-state index is 12.4. The first-order chi connectivity index (χ1) is 9.97. The molecule has 1 N–H and O–H groups in total. The summed E-state index contributed by atoms with van der Waals surface area (Å²) < 4.78 is 5.13. The molecule has 2 unspecified atom stereocenters. The van der Waals surface area contributed by atoms with Crippen molar-refractivity contribution in [2.24, 2.45) is 5.92 Å². The number of methoxy groups -OCH3 is 1. The van der Waals surface area contributed by atoms with Gasteiger partial charge in [0.25, 0.3) is 0 Å². The Balaban J connectivity index is 2.07. The van der Waals surface area contributed by atoms with Crippen LogP contribution >= 0.6 is 0 Å². The predicted molar refractivity (Wildman–Crippen MR) is 85.2 cm³/mol. The van der Waals surface area contributed by atoms with Gasteiger partial charge in [-0.05, 0) is 71.4 Å². The first kappa shape index (κ1) is 16.8. The summed E-state index contributed by atoms with van der Waals surface area (Å²) >= 11 is 0. The Labute approximate surface area is 129 Å². The van der Waals surface area contributed by atoms with Crippen LogP contribution in [0.25, 0.3) is 0 Å². The van der Waals surface area contributed by atoms with Gasteiger partial charge >= 0.3 is 5.97 Å². The molecule has 4 nitrogen and oxygen atoms in total. The van der Waals surface area contributed by atoms with E-state index < -0.39 is 5.54 Å². The molecule has 1 heterocycles. The zero-order valence-electron chi connectivity index (χ0n) is 14.2. The van der Waals surface area contributed by atoms with Gasteiger partial charge in [0.2, 0.25) is 0 Å². The molecule has 0 aromatic rings. The summed E-state index contributed by atoms with van der Waals surface area (Å²) in [6.45, 7) is 8.93. The Morgan fingerprint density at radius 1 is 1.29 bits per heavy atom. The van der Waals surface area contributed by atoms with E-state index in [2.05, 4.69) is 31.0 Å². The van der Waals surface area contributed by atoms with E-state index in [9.17, 15) is 4.79 Å². The van der Waals surface area contributed by atoms with Crippen molar-refractivity contribution in [1.82, 2.24) is 10.2 Å². The minimum absolute atomic E-state index is 0.0775. The van der Waals surface area contributed by atoms with Crippen molar-refractivity contribution < 1.29 is 9.53 Å². The van der Waals surface area contributed by atoms with Crippen molar-refractivity contribution in [1.29, 1.82) is 0 Å². The van der Waals surface area contributed by atoms with Crippen LogP contribution in [0.4, 0.5) is 0 Å². The SMILES string of the molecule is COC(=O)C1(NC(C)C)CCCC(N2CCC(C)CC2)C1. The standard InChI is InChI=1S/C17H32N2O2/c1-13(2)18-17(16(20)21-4)9-5-6-15(12-17)19-10-7-14(3)8-11-19/h13-15,18H,5-12H2,1-4H3. The zero-order chi connectivity index (χ0) is 15.5. The van der Waals surface area contributed by atoms with Crippen molar-refractivity contribution in [3.63, 3.8) is 0 Å². The number of carbonyl (C=O) groups excluding carboxylic acids is 1. The lowest BCUT2D eigenvalue weighted by molar-refractivity contribution is -0.151. The first-order valence-corrected chi connectivity index (χ1v) is 8.57. The minimum Gasteiger partial charge on any atom is -0.468 e. The van der Waals surface area contributed by atoms with Gasteiger partial charge in [-0.3, -0.25) is 10.1 Å². The average Bonchev–Trinajstić information content (AvgIpc) is 2.46. The van der Waals surface area contributed by atoms with E-state index in [1.807, 2.05) is 0 Å². The Morgan fingerprint density at radius 2 is 1.95 bits per heavy atom. The molecule has 0 bridgehead atoms. The number of likely N-dealkylation sites (tertiary alicyclic amines) is 1. The van der Waals surface area contributed by atoms with Crippen molar-refractivity contribution in [2.75, 3.05) is 20.2 Å². The number of nitrogens with one attached hydrogen (secondary N) is 1. The molecule has 2 aliphatic rings. The van der Waals surface area contributed by atoms with Crippen LogP contribution in [-0.4, -0.2) is 48.7 Å². The molecule has 0 spiro atoms. The summed E-state index contributed by atoms with van der Waals surface area (Å²) in [5.74, 6) is 0.773. The van der Waals surface area contributed by atoms with Crippen LogP contribution in [0, 0.1) is 5.92 Å². The van der Waals surface area contributed by atoms with Gasteiger partial charge in [-0.2, -0.15) is 0 Å². The molecule has 1 aliphatic carbocycles. The Kier molecular flexibility index (Phi) is 5.67. The van der Waals surface area contributed by atoms with Gasteiger partial charge in [0, 0.05) is 12.1 Å². The van der Waals surface area contributed by atoms with Crippen molar-refractivity contribution >= 4 is 5.97 Å². The Hall–Kier alpha value is -0.610. The number of esters is 1. The molecule has 4 heteroatoms. The third-order valence-electron chi connectivity index (χ3n) is 5.20. The molecule has 1 saturated heterocycles. The van der Waals surface area contributed by atoms with Crippen LogP contribution in [0.2, 0.25) is 0 Å². The van der Waals surface area contributed by atoms with Crippen LogP contribution in [0.5, 0.6) is 0 Å². The third kappa shape index (κ3) is 3.98. The van der Waals surface area contributed by atoms with E-state index in [-0.39, 0.29) is 5.97 Å². The molecule has 0 radical (unpaired) electrons. The smallest absolute Gasteiger partial charge is 0.326 e. The van der Waals surface area contributed by atoms with Crippen molar-refractivity contribution in [3.05, 3.63) is 0 Å². The van der Waals surface area contributed by atoms with E-state index in [1.54, 1.807) is 0 Å². The summed E-state index contributed by atoms with van der Waals surface area (Å²) in [6.07, 6.45) is 6.70. The molecule has 2 fully saturated rings. The highest BCUT2D eigenvalue weighted by molar-refractivity contribution is 5.81. The van der Waals surface area contributed by atoms with Gasteiger partial charge in [-0.15, -0.1) is 0 Å². The molecule has 0 aromatic heterocycles. The van der Waals surface area contributed by atoms with Crippen LogP contribution in [0.15, 0.2) is 0 Å². The second-order valence-electron chi connectivity index (χ2n) is 7.34. The second-order valence-corrected chi connectivity index (χ2v) is 7.34. The van der Waals surface area contributed by atoms with Crippen molar-refractivity contribution in [2.45, 2.75) is 76.9 Å². The fourth-order valence-electron chi connectivity index (χ4n) is 4.07. The molecule has 2 rings (SSSR count). The van der Waals surface area contributed by atoms with Crippen LogP contribution in [0.1, 0.15) is 59.3 Å². The number of hydrogen-bond acceptors (Lipinski definition) is 4. The highest BCUT2D eigenvalue weighted by Gasteiger charge is 2.45. The topological polar surface area (TPSA) is 41.6 Å². The van der Waals surface area contributed by atoms with Gasteiger partial charge in [-0.25, -0.2) is 0 Å². The van der Waals surface area contributed by atoms with Gasteiger partial charge in [-0.1, -0.05) is 6.92 Å². The second kappa shape index (κ2) is 7.10. The number of piperidine rings is 1. The normalized spacial score (nSPS) is 32.3. The summed E-state index contributed by atoms with van der Waals surface area (Å²) in [5, 5.41) is 3.52. The molecule has 1 saturated carbocycles. The Morgan fingerprint density at radius 3 is 2.52 bits per heavy atom. The molecule has 21 heavy (non-hydrogen) atoms. The number of ether oxygens (including phenoxy) is 1. The van der Waals surface area contributed by atoms with Crippen molar-refractivity contribution in [3.8, 4) is 0 Å². The summed E-state index contributed by atoms with van der Waals surface area (Å²) in [6, 6.07) is 0.820. The molecular weight excluding hydrogens is 264 g/mol. The zero-order valence-corrected chi connectivity index (χ0v) is 14.2. The lowest BCUT2D eigenvalue weighted by atomic mass is 9.77. The van der Waals surface area contributed by atoms with Crippen LogP contribution < -0.4 is 5.32 Å². The molecular formula is C17H32N2O2. The van der Waals surface area contributed by atoms with Gasteiger partial charge in [0.05, 0.1) is 7.11 Å². The van der Waals surface area contributed by atoms with Gasteiger partial charge < -0.3 is 9.64 Å². The average molecular weight is 296 g/mol. The van der Waals surface area contributed by atoms with E-state index in [1.165, 1.54) is 39.5 Å². The highest BCUT2D eigenvalue weighted by atomic mass is 16.5. The highest BCUT2D eigenvalue weighted by Crippen LogP contribution is 2.34.